The van der Waals surface area contributed by atoms with Crippen molar-refractivity contribution >= 4 is 41.2 Å². The number of carbonyl (C=O) groups is 2. The highest BCUT2D eigenvalue weighted by molar-refractivity contribution is 6.30. The minimum absolute atomic E-state index is 0.144. The van der Waals surface area contributed by atoms with E-state index in [9.17, 15) is 14.4 Å². The number of carbonyl (C=O) groups excluding carboxylic acids is 1. The zero-order chi connectivity index (χ0) is 29.9. The predicted octanol–water partition coefficient (Wildman–Crippen LogP) is 5.83. The van der Waals surface area contributed by atoms with Crippen molar-refractivity contribution in [3.8, 4) is 11.5 Å². The lowest BCUT2D eigenvalue weighted by Crippen LogP contribution is -2.26. The zero-order valence-electron chi connectivity index (χ0n) is 23.0. The molecule has 10 nitrogen and oxygen atoms in total. The number of nitrogens with zero attached hydrogens (tertiary/aromatic N) is 2. The smallest absolute Gasteiger partial charge is 0.335 e. The van der Waals surface area contributed by atoms with Crippen molar-refractivity contribution in [1.29, 1.82) is 0 Å². The van der Waals surface area contributed by atoms with Crippen molar-refractivity contribution in [2.75, 3.05) is 30.9 Å². The van der Waals surface area contributed by atoms with Gasteiger partial charge >= 0.3 is 5.97 Å². The second-order valence-electron chi connectivity index (χ2n) is 9.43. The maximum atomic E-state index is 12.9. The molecule has 0 radical (unpaired) electrons. The number of ether oxygens (including phenoxy) is 2. The van der Waals surface area contributed by atoms with Gasteiger partial charge in [-0.3, -0.25) is 9.36 Å². The van der Waals surface area contributed by atoms with Crippen LogP contribution in [0.5, 0.6) is 11.5 Å². The van der Waals surface area contributed by atoms with Gasteiger partial charge < -0.3 is 30.0 Å². The summed E-state index contributed by atoms with van der Waals surface area (Å²) in [5.74, 6) is 0.587. The normalized spacial score (nSPS) is 12.9. The molecular weight excluding hydrogens is 560 g/mol. The Morgan fingerprint density at radius 2 is 1.81 bits per heavy atom. The van der Waals surface area contributed by atoms with Gasteiger partial charge in [0.1, 0.15) is 23.5 Å². The van der Waals surface area contributed by atoms with E-state index in [2.05, 4.69) is 15.6 Å². The Morgan fingerprint density at radius 1 is 1.10 bits per heavy atom. The Morgan fingerprint density at radius 3 is 2.43 bits per heavy atom. The van der Waals surface area contributed by atoms with Gasteiger partial charge in [0.2, 0.25) is 5.95 Å². The molecule has 0 atom stereocenters. The number of aromatic carboxylic acids is 1. The van der Waals surface area contributed by atoms with Crippen LogP contribution in [-0.2, 0) is 16.1 Å². The molecule has 0 amide bonds. The van der Waals surface area contributed by atoms with Crippen LogP contribution in [0.25, 0.3) is 0 Å². The van der Waals surface area contributed by atoms with Gasteiger partial charge in [-0.1, -0.05) is 29.8 Å². The number of anilines is 3. The summed E-state index contributed by atoms with van der Waals surface area (Å²) in [4.78, 5) is 38.6. The third-order valence-electron chi connectivity index (χ3n) is 6.46. The molecule has 0 bridgehead atoms. The lowest BCUT2D eigenvalue weighted by Gasteiger charge is -2.15. The molecular formula is C31H31ClN4O6. The fourth-order valence-electron chi connectivity index (χ4n) is 4.10. The highest BCUT2D eigenvalue weighted by Gasteiger charge is 2.12. The number of carboxylic acids is 1. The number of hydrogen-bond acceptors (Lipinski definition) is 8. The molecule has 1 aliphatic rings. The van der Waals surface area contributed by atoms with Gasteiger partial charge in [0.15, 0.2) is 0 Å². The Balaban J connectivity index is 0.000000437. The highest BCUT2D eigenvalue weighted by Crippen LogP contribution is 2.25. The summed E-state index contributed by atoms with van der Waals surface area (Å²) in [5, 5.41) is 15.8. The van der Waals surface area contributed by atoms with E-state index in [1.54, 1.807) is 55.6 Å². The number of carboxylic acid groups (broad SMARTS) is 1. The van der Waals surface area contributed by atoms with E-state index in [1.165, 1.54) is 22.9 Å². The fourth-order valence-corrected chi connectivity index (χ4v) is 4.22. The molecule has 0 aliphatic carbocycles. The molecule has 42 heavy (non-hydrogen) atoms. The van der Waals surface area contributed by atoms with Crippen molar-refractivity contribution in [3.63, 3.8) is 0 Å². The first-order valence-electron chi connectivity index (χ1n) is 13.3. The zero-order valence-corrected chi connectivity index (χ0v) is 23.7. The number of nitrogens with one attached hydrogen (secondary N) is 2. The van der Waals surface area contributed by atoms with Crippen molar-refractivity contribution in [2.24, 2.45) is 5.92 Å². The molecule has 1 saturated heterocycles. The van der Waals surface area contributed by atoms with Crippen LogP contribution < -0.4 is 20.9 Å². The largest absolute Gasteiger partial charge is 0.478 e. The van der Waals surface area contributed by atoms with E-state index in [0.717, 1.165) is 37.9 Å². The van der Waals surface area contributed by atoms with Crippen LogP contribution in [0.2, 0.25) is 5.02 Å². The molecule has 3 aromatic carbocycles. The van der Waals surface area contributed by atoms with Crippen LogP contribution in [0.1, 0.15) is 28.8 Å². The summed E-state index contributed by atoms with van der Waals surface area (Å²) < 4.78 is 12.3. The lowest BCUT2D eigenvalue weighted by atomic mass is 10.0. The molecule has 1 fully saturated rings. The van der Waals surface area contributed by atoms with Gasteiger partial charge in [-0.2, -0.15) is 0 Å². The molecule has 0 unspecified atom stereocenters. The second kappa shape index (κ2) is 14.8. The summed E-state index contributed by atoms with van der Waals surface area (Å²) >= 11 is 5.98. The molecule has 5 rings (SSSR count). The number of halogens is 1. The first-order valence-corrected chi connectivity index (χ1v) is 13.7. The van der Waals surface area contributed by atoms with Crippen LogP contribution >= 0.6 is 11.6 Å². The minimum atomic E-state index is -1.02. The number of aldehydes is 1. The number of hydrogen-bond donors (Lipinski definition) is 3. The molecule has 11 heteroatoms. The molecule has 4 aromatic rings. The first kappa shape index (κ1) is 30.3. The van der Waals surface area contributed by atoms with E-state index in [4.69, 9.17) is 26.2 Å². The van der Waals surface area contributed by atoms with Gasteiger partial charge in [-0.15, -0.1) is 0 Å². The molecule has 218 valence electrons. The SMILES string of the molecule is CNc1cnc(Nc2ccc(Oc3cccc(C(=O)O)c3)cc2)n(Cc2ccc(Cl)cc2)c1=O.O=CC1CCOCC1. The van der Waals surface area contributed by atoms with Crippen LogP contribution in [0.3, 0.4) is 0 Å². The standard InChI is InChI=1S/C25H21ClN4O4.C6H10O2/c1-27-22-14-28-25(30(23(22)31)15-16-5-7-18(26)8-6-16)29-19-9-11-20(12-10-19)34-21-4-2-3-17(13-21)24(32)33;7-5-6-1-3-8-4-2-6/h2-14,27H,15H2,1H3,(H,28,29)(H,32,33);5-6H,1-4H2. The maximum Gasteiger partial charge on any atom is 0.335 e. The van der Waals surface area contributed by atoms with Gasteiger partial charge in [-0.25, -0.2) is 9.78 Å². The van der Waals surface area contributed by atoms with Crippen LogP contribution in [0.15, 0.2) is 83.8 Å². The Bertz CT molecular complexity index is 1550. The highest BCUT2D eigenvalue weighted by atomic mass is 35.5. The van der Waals surface area contributed by atoms with Crippen LogP contribution in [-0.4, -0.2) is 47.2 Å². The summed E-state index contributed by atoms with van der Waals surface area (Å²) in [7, 11) is 1.67. The van der Waals surface area contributed by atoms with E-state index in [1.807, 2.05) is 12.1 Å². The molecule has 0 spiro atoms. The van der Waals surface area contributed by atoms with Gasteiger partial charge in [0.25, 0.3) is 5.56 Å². The fraction of sp³-hybridized carbons (Fsp3) is 0.226. The Kier molecular flexibility index (Phi) is 10.7. The van der Waals surface area contributed by atoms with Crippen molar-refractivity contribution in [1.82, 2.24) is 9.55 Å². The molecule has 3 N–H and O–H groups in total. The minimum Gasteiger partial charge on any atom is -0.478 e. The Labute approximate surface area is 247 Å². The predicted molar refractivity (Wildman–Crippen MR) is 161 cm³/mol. The molecule has 0 saturated carbocycles. The summed E-state index contributed by atoms with van der Waals surface area (Å²) in [6.07, 6.45) is 4.35. The lowest BCUT2D eigenvalue weighted by molar-refractivity contribution is -0.113. The van der Waals surface area contributed by atoms with Gasteiger partial charge in [0.05, 0.1) is 18.3 Å². The van der Waals surface area contributed by atoms with E-state index >= 15 is 0 Å². The van der Waals surface area contributed by atoms with Crippen molar-refractivity contribution in [2.45, 2.75) is 19.4 Å². The third-order valence-corrected chi connectivity index (χ3v) is 6.71. The first-order chi connectivity index (χ1) is 20.4. The maximum absolute atomic E-state index is 12.9. The van der Waals surface area contributed by atoms with Gasteiger partial charge in [0, 0.05) is 36.9 Å². The van der Waals surface area contributed by atoms with E-state index in [0.29, 0.717) is 40.4 Å². The number of benzene rings is 3. The summed E-state index contributed by atoms with van der Waals surface area (Å²) in [5.41, 5.74) is 1.91. The van der Waals surface area contributed by atoms with Crippen molar-refractivity contribution in [3.05, 3.63) is 105 Å². The van der Waals surface area contributed by atoms with E-state index in [-0.39, 0.29) is 17.0 Å². The van der Waals surface area contributed by atoms with Gasteiger partial charge in [-0.05, 0) is 73.0 Å². The summed E-state index contributed by atoms with van der Waals surface area (Å²) in [6.45, 7) is 1.84. The van der Waals surface area contributed by atoms with Crippen molar-refractivity contribution < 1.29 is 24.2 Å². The topological polar surface area (TPSA) is 132 Å². The van der Waals surface area contributed by atoms with E-state index < -0.39 is 5.97 Å². The molecule has 1 aliphatic heterocycles. The number of aromatic nitrogens is 2. The van der Waals surface area contributed by atoms with Crippen LogP contribution in [0, 0.1) is 5.92 Å². The average Bonchev–Trinajstić information content (AvgIpc) is 3.02. The second-order valence-corrected chi connectivity index (χ2v) is 9.87. The summed E-state index contributed by atoms with van der Waals surface area (Å²) in [6, 6.07) is 20.5. The third kappa shape index (κ3) is 8.42. The average molecular weight is 591 g/mol. The Hall–Kier alpha value is -4.67. The monoisotopic (exact) mass is 590 g/mol. The van der Waals surface area contributed by atoms with Crippen LogP contribution in [0.4, 0.5) is 17.3 Å². The molecule has 2 heterocycles. The molecule has 1 aromatic heterocycles. The number of rotatable bonds is 9. The quantitative estimate of drug-likeness (QED) is 0.206.